The van der Waals surface area contributed by atoms with Crippen molar-refractivity contribution in [1.29, 1.82) is 0 Å². The highest BCUT2D eigenvalue weighted by Gasteiger charge is 2.24. The number of carbonyl (C=O) groups is 1. The van der Waals surface area contributed by atoms with Crippen molar-refractivity contribution in [2.24, 2.45) is 11.5 Å². The van der Waals surface area contributed by atoms with Gasteiger partial charge in [-0.05, 0) is 13.3 Å². The molecular weight excluding hydrogens is 142 g/mol. The third kappa shape index (κ3) is 1.91. The van der Waals surface area contributed by atoms with Gasteiger partial charge in [-0.25, -0.2) is 0 Å². The first-order valence-electron chi connectivity index (χ1n) is 3.91. The smallest absolute Gasteiger partial charge is 0.239 e. The van der Waals surface area contributed by atoms with Crippen LogP contribution in [0.15, 0.2) is 0 Å². The molecule has 0 aromatic heterocycles. The molecule has 1 amide bonds. The molecule has 11 heavy (non-hydrogen) atoms. The van der Waals surface area contributed by atoms with Gasteiger partial charge in [0.2, 0.25) is 5.91 Å². The summed E-state index contributed by atoms with van der Waals surface area (Å²) >= 11 is 0. The molecule has 1 aliphatic heterocycles. The molecule has 0 radical (unpaired) electrons. The molecular formula is C7H15N3O. The topological polar surface area (TPSA) is 72.4 Å². The molecule has 4 N–H and O–H groups in total. The Bertz CT molecular complexity index is 158. The summed E-state index contributed by atoms with van der Waals surface area (Å²) in [5.74, 6) is 0.0120. The van der Waals surface area contributed by atoms with Crippen LogP contribution in [-0.2, 0) is 4.79 Å². The fraction of sp³-hybridized carbons (Fsp3) is 0.857. The van der Waals surface area contributed by atoms with Crippen LogP contribution in [0, 0.1) is 0 Å². The second-order valence-electron chi connectivity index (χ2n) is 3.12. The van der Waals surface area contributed by atoms with Crippen LogP contribution in [0.4, 0.5) is 0 Å². The van der Waals surface area contributed by atoms with E-state index in [0.29, 0.717) is 6.54 Å². The minimum atomic E-state index is -0.389. The van der Waals surface area contributed by atoms with Gasteiger partial charge in [0, 0.05) is 19.1 Å². The Balaban J connectivity index is 2.43. The highest BCUT2D eigenvalue weighted by Crippen LogP contribution is 2.07. The van der Waals surface area contributed by atoms with E-state index in [4.69, 9.17) is 11.5 Å². The van der Waals surface area contributed by atoms with Crippen LogP contribution in [0.25, 0.3) is 0 Å². The Morgan fingerprint density at radius 1 is 1.73 bits per heavy atom. The summed E-state index contributed by atoms with van der Waals surface area (Å²) < 4.78 is 0. The van der Waals surface area contributed by atoms with Gasteiger partial charge in [-0.3, -0.25) is 4.79 Å². The number of rotatable bonds is 1. The third-order valence-electron chi connectivity index (χ3n) is 1.93. The highest BCUT2D eigenvalue weighted by atomic mass is 16.2. The van der Waals surface area contributed by atoms with E-state index in [1.807, 2.05) is 0 Å². The predicted octanol–water partition coefficient (Wildman–Crippen LogP) is -1.11. The SMILES string of the molecule is C[C@H](N)C(=O)N1CC[C@@H](N)C1. The average molecular weight is 157 g/mol. The minimum Gasteiger partial charge on any atom is -0.340 e. The van der Waals surface area contributed by atoms with E-state index in [1.54, 1.807) is 11.8 Å². The van der Waals surface area contributed by atoms with Crippen molar-refractivity contribution in [3.63, 3.8) is 0 Å². The Kier molecular flexibility index (Phi) is 2.46. The minimum absolute atomic E-state index is 0.0120. The van der Waals surface area contributed by atoms with Crippen LogP contribution >= 0.6 is 0 Å². The molecule has 1 heterocycles. The molecule has 1 aliphatic rings. The van der Waals surface area contributed by atoms with Crippen molar-refractivity contribution in [2.45, 2.75) is 25.4 Å². The van der Waals surface area contributed by atoms with Crippen LogP contribution in [0.3, 0.4) is 0 Å². The lowest BCUT2D eigenvalue weighted by atomic mass is 10.3. The van der Waals surface area contributed by atoms with Crippen molar-refractivity contribution in [2.75, 3.05) is 13.1 Å². The van der Waals surface area contributed by atoms with Crippen molar-refractivity contribution < 1.29 is 4.79 Å². The summed E-state index contributed by atoms with van der Waals surface area (Å²) in [6.07, 6.45) is 0.901. The number of nitrogens with two attached hydrogens (primary N) is 2. The maximum absolute atomic E-state index is 11.2. The average Bonchev–Trinajstić information content (AvgIpc) is 2.34. The fourth-order valence-corrected chi connectivity index (χ4v) is 1.28. The first kappa shape index (κ1) is 8.49. The van der Waals surface area contributed by atoms with Gasteiger partial charge in [-0.1, -0.05) is 0 Å². The largest absolute Gasteiger partial charge is 0.340 e. The van der Waals surface area contributed by atoms with Crippen molar-refractivity contribution in [3.05, 3.63) is 0 Å². The van der Waals surface area contributed by atoms with Crippen LogP contribution < -0.4 is 11.5 Å². The van der Waals surface area contributed by atoms with E-state index in [0.717, 1.165) is 13.0 Å². The van der Waals surface area contributed by atoms with Gasteiger partial charge in [0.25, 0.3) is 0 Å². The lowest BCUT2D eigenvalue weighted by molar-refractivity contribution is -0.131. The summed E-state index contributed by atoms with van der Waals surface area (Å²) in [5, 5.41) is 0. The van der Waals surface area contributed by atoms with Gasteiger partial charge in [-0.15, -0.1) is 0 Å². The molecule has 0 spiro atoms. The van der Waals surface area contributed by atoms with Crippen LogP contribution in [0.2, 0.25) is 0 Å². The quantitative estimate of drug-likeness (QED) is 0.507. The van der Waals surface area contributed by atoms with E-state index in [9.17, 15) is 4.79 Å². The van der Waals surface area contributed by atoms with Crippen molar-refractivity contribution in [1.82, 2.24) is 4.90 Å². The van der Waals surface area contributed by atoms with Gasteiger partial charge < -0.3 is 16.4 Å². The van der Waals surface area contributed by atoms with Gasteiger partial charge in [0.05, 0.1) is 6.04 Å². The lowest BCUT2D eigenvalue weighted by Gasteiger charge is -2.17. The van der Waals surface area contributed by atoms with E-state index < -0.39 is 0 Å². The number of nitrogens with zero attached hydrogens (tertiary/aromatic N) is 1. The normalized spacial score (nSPS) is 27.2. The number of carbonyl (C=O) groups excluding carboxylic acids is 1. The summed E-state index contributed by atoms with van der Waals surface area (Å²) in [4.78, 5) is 13.0. The van der Waals surface area contributed by atoms with E-state index in [-0.39, 0.29) is 18.0 Å². The summed E-state index contributed by atoms with van der Waals surface area (Å²) in [5.41, 5.74) is 11.1. The third-order valence-corrected chi connectivity index (χ3v) is 1.93. The zero-order valence-corrected chi connectivity index (χ0v) is 6.79. The van der Waals surface area contributed by atoms with Crippen LogP contribution in [0.1, 0.15) is 13.3 Å². The molecule has 0 aromatic carbocycles. The molecule has 2 atom stereocenters. The molecule has 4 nitrogen and oxygen atoms in total. The molecule has 1 fully saturated rings. The number of likely N-dealkylation sites (tertiary alicyclic amines) is 1. The van der Waals surface area contributed by atoms with Crippen molar-refractivity contribution >= 4 is 5.91 Å². The zero-order valence-electron chi connectivity index (χ0n) is 6.79. The second-order valence-corrected chi connectivity index (χ2v) is 3.12. The molecule has 0 bridgehead atoms. The van der Waals surface area contributed by atoms with Gasteiger partial charge in [0.15, 0.2) is 0 Å². The van der Waals surface area contributed by atoms with Gasteiger partial charge in [0.1, 0.15) is 0 Å². The van der Waals surface area contributed by atoms with Crippen LogP contribution in [-0.4, -0.2) is 36.0 Å². The maximum Gasteiger partial charge on any atom is 0.239 e. The Morgan fingerprint density at radius 3 is 2.73 bits per heavy atom. The molecule has 0 saturated carbocycles. The monoisotopic (exact) mass is 157 g/mol. The molecule has 4 heteroatoms. The van der Waals surface area contributed by atoms with E-state index in [1.165, 1.54) is 0 Å². The molecule has 1 saturated heterocycles. The van der Waals surface area contributed by atoms with Crippen molar-refractivity contribution in [3.8, 4) is 0 Å². The highest BCUT2D eigenvalue weighted by molar-refractivity contribution is 5.81. The standard InChI is InChI=1S/C7H15N3O/c1-5(8)7(11)10-3-2-6(9)4-10/h5-6H,2-4,8-9H2,1H3/t5-,6+/m0/s1. The molecule has 64 valence electrons. The van der Waals surface area contributed by atoms with Gasteiger partial charge in [-0.2, -0.15) is 0 Å². The van der Waals surface area contributed by atoms with Crippen LogP contribution in [0.5, 0.6) is 0 Å². The second kappa shape index (κ2) is 3.19. The predicted molar refractivity (Wildman–Crippen MR) is 42.8 cm³/mol. The van der Waals surface area contributed by atoms with E-state index >= 15 is 0 Å². The number of hydrogen-bond acceptors (Lipinski definition) is 3. The summed E-state index contributed by atoms with van der Waals surface area (Å²) in [6.45, 7) is 3.13. The lowest BCUT2D eigenvalue weighted by Crippen LogP contribution is -2.41. The van der Waals surface area contributed by atoms with E-state index in [2.05, 4.69) is 0 Å². The Labute approximate surface area is 66.5 Å². The summed E-state index contributed by atoms with van der Waals surface area (Å²) in [6, 6.07) is -0.238. The Hall–Kier alpha value is -0.610. The molecule has 1 rings (SSSR count). The molecule has 0 aromatic rings. The zero-order chi connectivity index (χ0) is 8.43. The Morgan fingerprint density at radius 2 is 2.36 bits per heavy atom. The molecule has 0 aliphatic carbocycles. The first-order valence-corrected chi connectivity index (χ1v) is 3.91. The first-order chi connectivity index (χ1) is 5.11. The molecule has 0 unspecified atom stereocenters. The van der Waals surface area contributed by atoms with Gasteiger partial charge >= 0.3 is 0 Å². The number of hydrogen-bond donors (Lipinski definition) is 2. The number of amides is 1. The maximum atomic E-state index is 11.2. The summed E-state index contributed by atoms with van der Waals surface area (Å²) in [7, 11) is 0. The fourth-order valence-electron chi connectivity index (χ4n) is 1.28.